The minimum Gasteiger partial charge on any atom is -0.463 e. The van der Waals surface area contributed by atoms with E-state index in [1.165, 1.54) is 6.92 Å². The number of carbonyl (C=O) groups excluding carboxylic acids is 2. The third-order valence-electron chi connectivity index (χ3n) is 1.39. The van der Waals surface area contributed by atoms with Crippen molar-refractivity contribution in [3.63, 3.8) is 0 Å². The zero-order valence-electron chi connectivity index (χ0n) is 7.96. The molecule has 74 valence electrons. The highest BCUT2D eigenvalue weighted by molar-refractivity contribution is 5.88. The van der Waals surface area contributed by atoms with Crippen LogP contribution in [0.3, 0.4) is 0 Å². The molecule has 0 heterocycles. The van der Waals surface area contributed by atoms with Crippen molar-refractivity contribution in [2.75, 3.05) is 6.61 Å². The molecule has 0 aliphatic rings. The number of Topliss-reactive ketones (excluding diaryl/α,β-unsaturated/α-hetero) is 1. The lowest BCUT2D eigenvalue weighted by atomic mass is 10.1. The number of hydrogen-bond donors (Lipinski definition) is 0. The molecule has 0 aromatic heterocycles. The first-order chi connectivity index (χ1) is 5.99. The first-order valence-corrected chi connectivity index (χ1v) is 3.98. The Morgan fingerprint density at radius 1 is 1.46 bits per heavy atom. The van der Waals surface area contributed by atoms with E-state index in [-0.39, 0.29) is 12.2 Å². The van der Waals surface area contributed by atoms with Crippen LogP contribution in [0.25, 0.3) is 0 Å². The van der Waals surface area contributed by atoms with Crippen LogP contribution >= 0.6 is 0 Å². The Bertz CT molecular complexity index is 233. The van der Waals surface area contributed by atoms with Gasteiger partial charge in [-0.3, -0.25) is 4.79 Å². The monoisotopic (exact) mass is 188 g/mol. The molecule has 1 unspecified atom stereocenters. The van der Waals surface area contributed by atoms with Gasteiger partial charge in [0.2, 0.25) is 0 Å². The summed E-state index contributed by atoms with van der Waals surface area (Å²) in [7, 11) is 0. The molecule has 0 aliphatic heterocycles. The molecule has 0 saturated heterocycles. The van der Waals surface area contributed by atoms with Crippen LogP contribution in [0.4, 0.5) is 4.39 Å². The number of hydrogen-bond acceptors (Lipinski definition) is 3. The molecule has 0 fully saturated rings. The minimum atomic E-state index is -1.70. The molecule has 0 saturated carbocycles. The molecule has 0 spiro atoms. The summed E-state index contributed by atoms with van der Waals surface area (Å²) in [5, 5.41) is 0. The smallest absolute Gasteiger partial charge is 0.330 e. The molecular weight excluding hydrogens is 175 g/mol. The lowest BCUT2D eigenvalue weighted by Gasteiger charge is -2.03. The predicted molar refractivity (Wildman–Crippen MR) is 46.0 cm³/mol. The van der Waals surface area contributed by atoms with E-state index in [1.807, 2.05) is 0 Å². The van der Waals surface area contributed by atoms with Crippen molar-refractivity contribution in [1.82, 2.24) is 0 Å². The summed E-state index contributed by atoms with van der Waals surface area (Å²) >= 11 is 0. The lowest BCUT2D eigenvalue weighted by molar-refractivity contribution is -0.137. The van der Waals surface area contributed by atoms with Crippen molar-refractivity contribution in [3.8, 4) is 0 Å². The van der Waals surface area contributed by atoms with Crippen molar-refractivity contribution in [2.45, 2.75) is 26.9 Å². The topological polar surface area (TPSA) is 43.4 Å². The Morgan fingerprint density at radius 2 is 2.00 bits per heavy atom. The summed E-state index contributed by atoms with van der Waals surface area (Å²) in [5.74, 6) is -1.23. The summed E-state index contributed by atoms with van der Waals surface area (Å²) in [6.45, 7) is 4.40. The van der Waals surface area contributed by atoms with Crippen LogP contribution in [0, 0.1) is 0 Å². The Hall–Kier alpha value is -1.19. The average molecular weight is 188 g/mol. The molecule has 4 heteroatoms. The summed E-state index contributed by atoms with van der Waals surface area (Å²) in [4.78, 5) is 21.4. The second-order valence-electron chi connectivity index (χ2n) is 2.61. The van der Waals surface area contributed by atoms with Crippen molar-refractivity contribution >= 4 is 11.8 Å². The molecular formula is C9H13FO3. The van der Waals surface area contributed by atoms with Gasteiger partial charge in [-0.15, -0.1) is 0 Å². The molecule has 0 bridgehead atoms. The highest BCUT2D eigenvalue weighted by Crippen LogP contribution is 2.07. The van der Waals surface area contributed by atoms with Gasteiger partial charge in [-0.1, -0.05) is 0 Å². The van der Waals surface area contributed by atoms with Crippen LogP contribution in [0.15, 0.2) is 11.6 Å². The van der Waals surface area contributed by atoms with Gasteiger partial charge in [-0.25, -0.2) is 9.18 Å². The fraction of sp³-hybridized carbons (Fsp3) is 0.556. The quantitative estimate of drug-likeness (QED) is 0.495. The van der Waals surface area contributed by atoms with Crippen molar-refractivity contribution in [2.24, 2.45) is 0 Å². The second kappa shape index (κ2) is 5.45. The van der Waals surface area contributed by atoms with Gasteiger partial charge in [0.05, 0.1) is 6.61 Å². The first kappa shape index (κ1) is 11.8. The third-order valence-corrected chi connectivity index (χ3v) is 1.39. The maximum atomic E-state index is 12.9. The van der Waals surface area contributed by atoms with Crippen LogP contribution in [0.2, 0.25) is 0 Å². The van der Waals surface area contributed by atoms with Crippen molar-refractivity contribution in [1.29, 1.82) is 0 Å². The molecule has 0 amide bonds. The van der Waals surface area contributed by atoms with Crippen LogP contribution in [-0.2, 0) is 14.3 Å². The third kappa shape index (κ3) is 4.40. The molecule has 13 heavy (non-hydrogen) atoms. The first-order valence-electron chi connectivity index (χ1n) is 3.98. The van der Waals surface area contributed by atoms with E-state index in [1.54, 1.807) is 6.92 Å². The standard InChI is InChI=1S/C9H13FO3/c1-4-13-8(12)5-6(2)9(10)7(3)11/h5,9H,4H2,1-3H3. The van der Waals surface area contributed by atoms with E-state index >= 15 is 0 Å². The highest BCUT2D eigenvalue weighted by atomic mass is 19.1. The highest BCUT2D eigenvalue weighted by Gasteiger charge is 2.15. The number of ketones is 1. The molecule has 0 radical (unpaired) electrons. The van der Waals surface area contributed by atoms with Crippen molar-refractivity contribution in [3.05, 3.63) is 11.6 Å². The van der Waals surface area contributed by atoms with E-state index in [2.05, 4.69) is 4.74 Å². The van der Waals surface area contributed by atoms with Crippen LogP contribution < -0.4 is 0 Å². The number of halogens is 1. The molecule has 0 rings (SSSR count). The Labute approximate surface area is 76.6 Å². The number of carbonyl (C=O) groups is 2. The molecule has 3 nitrogen and oxygen atoms in total. The predicted octanol–water partition coefficient (Wildman–Crippen LogP) is 1.42. The number of esters is 1. The van der Waals surface area contributed by atoms with E-state index < -0.39 is 17.9 Å². The number of rotatable bonds is 4. The molecule has 0 aromatic rings. The van der Waals surface area contributed by atoms with Gasteiger partial charge in [0.1, 0.15) is 0 Å². The van der Waals surface area contributed by atoms with Gasteiger partial charge >= 0.3 is 5.97 Å². The van der Waals surface area contributed by atoms with E-state index in [9.17, 15) is 14.0 Å². The summed E-state index contributed by atoms with van der Waals surface area (Å²) in [6.07, 6.45) is -0.709. The van der Waals surface area contributed by atoms with Gasteiger partial charge in [-0.05, 0) is 26.3 Å². The maximum Gasteiger partial charge on any atom is 0.330 e. The van der Waals surface area contributed by atoms with Crippen LogP contribution in [0.5, 0.6) is 0 Å². The maximum absolute atomic E-state index is 12.9. The lowest BCUT2D eigenvalue weighted by Crippen LogP contribution is -2.14. The summed E-state index contributed by atoms with van der Waals surface area (Å²) < 4.78 is 17.4. The van der Waals surface area contributed by atoms with Gasteiger partial charge < -0.3 is 4.74 Å². The van der Waals surface area contributed by atoms with Gasteiger partial charge in [0.25, 0.3) is 0 Å². The molecule has 0 N–H and O–H groups in total. The van der Waals surface area contributed by atoms with Crippen LogP contribution in [-0.4, -0.2) is 24.5 Å². The second-order valence-corrected chi connectivity index (χ2v) is 2.61. The summed E-state index contributed by atoms with van der Waals surface area (Å²) in [5.41, 5.74) is 0.0750. The van der Waals surface area contributed by atoms with Crippen molar-refractivity contribution < 1.29 is 18.7 Å². The Kier molecular flexibility index (Phi) is 4.96. The van der Waals surface area contributed by atoms with Gasteiger partial charge in [0, 0.05) is 6.08 Å². The molecule has 1 atom stereocenters. The van der Waals surface area contributed by atoms with Gasteiger partial charge in [0.15, 0.2) is 12.0 Å². The fourth-order valence-corrected chi connectivity index (χ4v) is 0.764. The SMILES string of the molecule is CCOC(=O)C=C(C)C(F)C(C)=O. The van der Waals surface area contributed by atoms with Crippen LogP contribution in [0.1, 0.15) is 20.8 Å². The normalized spacial score (nSPS) is 13.7. The van der Waals surface area contributed by atoms with E-state index in [4.69, 9.17) is 0 Å². The number of ether oxygens (including phenoxy) is 1. The Balaban J connectivity index is 4.31. The number of alkyl halides is 1. The van der Waals surface area contributed by atoms with E-state index in [0.717, 1.165) is 13.0 Å². The largest absolute Gasteiger partial charge is 0.463 e. The Morgan fingerprint density at radius 3 is 2.38 bits per heavy atom. The fourth-order valence-electron chi connectivity index (χ4n) is 0.764. The van der Waals surface area contributed by atoms with E-state index in [0.29, 0.717) is 0 Å². The zero-order chi connectivity index (χ0) is 10.4. The average Bonchev–Trinajstić information content (AvgIpc) is 2.03. The number of allylic oxidation sites excluding steroid dienone is 1. The zero-order valence-corrected chi connectivity index (χ0v) is 7.96. The summed E-state index contributed by atoms with van der Waals surface area (Å²) in [6, 6.07) is 0. The van der Waals surface area contributed by atoms with Gasteiger partial charge in [-0.2, -0.15) is 0 Å². The molecule has 0 aromatic carbocycles. The molecule has 0 aliphatic carbocycles. The minimum absolute atomic E-state index is 0.0750.